The first kappa shape index (κ1) is 14.1. The molecule has 1 saturated carbocycles. The zero-order valence-electron chi connectivity index (χ0n) is 12.2. The van der Waals surface area contributed by atoms with Crippen molar-refractivity contribution in [3.05, 3.63) is 57.9 Å². The Hall–Kier alpha value is -1.52. The van der Waals surface area contributed by atoms with E-state index in [1.54, 1.807) is 12.1 Å². The van der Waals surface area contributed by atoms with Gasteiger partial charge in [0.05, 0.1) is 0 Å². The van der Waals surface area contributed by atoms with Gasteiger partial charge < -0.3 is 0 Å². The van der Waals surface area contributed by atoms with Gasteiger partial charge in [-0.15, -0.1) is 0 Å². The molecule has 0 saturated heterocycles. The van der Waals surface area contributed by atoms with E-state index in [4.69, 9.17) is 16.6 Å². The van der Waals surface area contributed by atoms with Crippen molar-refractivity contribution < 1.29 is 4.39 Å². The first-order valence-corrected chi connectivity index (χ1v) is 8.08. The first-order valence-electron chi connectivity index (χ1n) is 7.70. The molecular formula is C17H17ClFN3. The number of nitrogens with zero attached hydrogens (tertiary/aromatic N) is 3. The van der Waals surface area contributed by atoms with Crippen molar-refractivity contribution in [2.75, 3.05) is 6.54 Å². The highest BCUT2D eigenvalue weighted by Gasteiger charge is 2.28. The zero-order chi connectivity index (χ0) is 15.1. The van der Waals surface area contributed by atoms with Crippen LogP contribution in [0.15, 0.2) is 24.4 Å². The maximum absolute atomic E-state index is 13.9. The molecule has 0 N–H and O–H groups in total. The Labute approximate surface area is 134 Å². The number of rotatable bonds is 3. The van der Waals surface area contributed by atoms with E-state index in [1.807, 2.05) is 6.20 Å². The topological polar surface area (TPSA) is 29.0 Å². The Morgan fingerprint density at radius 2 is 2.18 bits per heavy atom. The SMILES string of the molecule is Fc1cccc(Cl)c1CN1CCc2nc(C3CC3)ncc2C1. The van der Waals surface area contributed by atoms with E-state index in [9.17, 15) is 4.39 Å². The van der Waals surface area contributed by atoms with Crippen molar-refractivity contribution in [1.82, 2.24) is 14.9 Å². The molecule has 2 heterocycles. The number of hydrogen-bond acceptors (Lipinski definition) is 3. The van der Waals surface area contributed by atoms with Crippen LogP contribution in [0.4, 0.5) is 4.39 Å². The average Bonchev–Trinajstić information content (AvgIpc) is 3.35. The second kappa shape index (κ2) is 5.60. The highest BCUT2D eigenvalue weighted by Crippen LogP contribution is 2.38. The molecule has 0 spiro atoms. The molecule has 1 aliphatic carbocycles. The van der Waals surface area contributed by atoms with Crippen molar-refractivity contribution in [1.29, 1.82) is 0 Å². The largest absolute Gasteiger partial charge is 0.294 e. The van der Waals surface area contributed by atoms with Crippen LogP contribution in [0.2, 0.25) is 5.02 Å². The summed E-state index contributed by atoms with van der Waals surface area (Å²) in [4.78, 5) is 11.4. The highest BCUT2D eigenvalue weighted by molar-refractivity contribution is 6.31. The first-order chi connectivity index (χ1) is 10.7. The molecule has 2 aromatic rings. The maximum Gasteiger partial charge on any atom is 0.131 e. The van der Waals surface area contributed by atoms with Gasteiger partial charge in [-0.2, -0.15) is 0 Å². The number of fused-ring (bicyclic) bond motifs is 1. The highest BCUT2D eigenvalue weighted by atomic mass is 35.5. The second-order valence-electron chi connectivity index (χ2n) is 6.14. The van der Waals surface area contributed by atoms with Crippen LogP contribution in [0, 0.1) is 5.82 Å². The van der Waals surface area contributed by atoms with Crippen molar-refractivity contribution in [3.63, 3.8) is 0 Å². The predicted molar refractivity (Wildman–Crippen MR) is 83.2 cm³/mol. The summed E-state index contributed by atoms with van der Waals surface area (Å²) in [7, 11) is 0. The number of aromatic nitrogens is 2. The lowest BCUT2D eigenvalue weighted by atomic mass is 10.1. The molecule has 114 valence electrons. The van der Waals surface area contributed by atoms with Crippen LogP contribution >= 0.6 is 11.6 Å². The van der Waals surface area contributed by atoms with Crippen molar-refractivity contribution in [3.8, 4) is 0 Å². The van der Waals surface area contributed by atoms with Gasteiger partial charge in [0.2, 0.25) is 0 Å². The molecule has 0 unspecified atom stereocenters. The van der Waals surface area contributed by atoms with Gasteiger partial charge in [-0.05, 0) is 25.0 Å². The molecular weight excluding hydrogens is 301 g/mol. The minimum atomic E-state index is -0.237. The summed E-state index contributed by atoms with van der Waals surface area (Å²) in [5.74, 6) is 1.35. The fraction of sp³-hybridized carbons (Fsp3) is 0.412. The van der Waals surface area contributed by atoms with Crippen molar-refractivity contribution in [2.45, 2.75) is 38.3 Å². The number of hydrogen-bond donors (Lipinski definition) is 0. The normalized spacial score (nSPS) is 18.3. The van der Waals surface area contributed by atoms with Crippen LogP contribution in [0.3, 0.4) is 0 Å². The maximum atomic E-state index is 13.9. The number of benzene rings is 1. The summed E-state index contributed by atoms with van der Waals surface area (Å²) in [5.41, 5.74) is 2.89. The lowest BCUT2D eigenvalue weighted by Crippen LogP contribution is -2.31. The van der Waals surface area contributed by atoms with E-state index < -0.39 is 0 Å². The summed E-state index contributed by atoms with van der Waals surface area (Å²) < 4.78 is 13.9. The molecule has 0 radical (unpaired) electrons. The standard InChI is InChI=1S/C17H17ClFN3/c18-14-2-1-3-15(19)13(14)10-22-7-6-16-12(9-22)8-20-17(21-16)11-4-5-11/h1-3,8,11H,4-7,9-10H2. The molecule has 1 fully saturated rings. The molecule has 0 atom stereocenters. The van der Waals surface area contributed by atoms with Gasteiger partial charge in [-0.25, -0.2) is 14.4 Å². The van der Waals surface area contributed by atoms with Gasteiger partial charge in [0.1, 0.15) is 11.6 Å². The van der Waals surface area contributed by atoms with E-state index >= 15 is 0 Å². The number of halogens is 2. The third-order valence-electron chi connectivity index (χ3n) is 4.42. The molecule has 5 heteroatoms. The van der Waals surface area contributed by atoms with E-state index in [-0.39, 0.29) is 5.82 Å². The molecule has 1 aromatic carbocycles. The van der Waals surface area contributed by atoms with Gasteiger partial charge in [-0.3, -0.25) is 4.90 Å². The van der Waals surface area contributed by atoms with E-state index in [1.165, 1.54) is 18.9 Å². The molecule has 22 heavy (non-hydrogen) atoms. The monoisotopic (exact) mass is 317 g/mol. The summed E-state index contributed by atoms with van der Waals surface area (Å²) in [5, 5.41) is 0.492. The summed E-state index contributed by atoms with van der Waals surface area (Å²) in [6.45, 7) is 2.15. The lowest BCUT2D eigenvalue weighted by Gasteiger charge is -2.28. The van der Waals surface area contributed by atoms with E-state index in [0.29, 0.717) is 23.0 Å². The second-order valence-corrected chi connectivity index (χ2v) is 6.54. The zero-order valence-corrected chi connectivity index (χ0v) is 13.0. The third-order valence-corrected chi connectivity index (χ3v) is 4.77. The van der Waals surface area contributed by atoms with Gasteiger partial charge in [-0.1, -0.05) is 17.7 Å². The van der Waals surface area contributed by atoms with Crippen LogP contribution in [-0.2, 0) is 19.5 Å². The molecule has 2 aliphatic rings. The fourth-order valence-corrected chi connectivity index (χ4v) is 3.19. The van der Waals surface area contributed by atoms with Gasteiger partial charge in [0.25, 0.3) is 0 Å². The minimum Gasteiger partial charge on any atom is -0.294 e. The van der Waals surface area contributed by atoms with Crippen LogP contribution in [-0.4, -0.2) is 21.4 Å². The van der Waals surface area contributed by atoms with Crippen LogP contribution < -0.4 is 0 Å². The van der Waals surface area contributed by atoms with Crippen LogP contribution in [0.1, 0.15) is 41.4 Å². The summed E-state index contributed by atoms with van der Waals surface area (Å²) in [6, 6.07) is 4.84. The molecule has 0 amide bonds. The Morgan fingerprint density at radius 3 is 2.95 bits per heavy atom. The average molecular weight is 318 g/mol. The van der Waals surface area contributed by atoms with Crippen LogP contribution in [0.5, 0.6) is 0 Å². The minimum absolute atomic E-state index is 0.237. The Bertz CT molecular complexity index is 695. The Balaban J connectivity index is 1.52. The van der Waals surface area contributed by atoms with Crippen LogP contribution in [0.25, 0.3) is 0 Å². The van der Waals surface area contributed by atoms with Crippen molar-refractivity contribution in [2.24, 2.45) is 0 Å². The molecule has 3 nitrogen and oxygen atoms in total. The third kappa shape index (κ3) is 2.73. The van der Waals surface area contributed by atoms with E-state index in [0.717, 1.165) is 36.6 Å². The van der Waals surface area contributed by atoms with E-state index in [2.05, 4.69) is 9.88 Å². The van der Waals surface area contributed by atoms with Gasteiger partial charge in [0, 0.05) is 60.0 Å². The summed E-state index contributed by atoms with van der Waals surface area (Å²) in [6.07, 6.45) is 5.28. The quantitative estimate of drug-likeness (QED) is 0.864. The summed E-state index contributed by atoms with van der Waals surface area (Å²) >= 11 is 6.12. The molecule has 1 aromatic heterocycles. The lowest BCUT2D eigenvalue weighted by molar-refractivity contribution is 0.239. The van der Waals surface area contributed by atoms with Crippen molar-refractivity contribution >= 4 is 11.6 Å². The Kier molecular flexibility index (Phi) is 3.59. The fourth-order valence-electron chi connectivity index (χ4n) is 2.97. The van der Waals surface area contributed by atoms with Gasteiger partial charge in [0.15, 0.2) is 0 Å². The Morgan fingerprint density at radius 1 is 1.32 bits per heavy atom. The molecule has 4 rings (SSSR count). The van der Waals surface area contributed by atoms with Gasteiger partial charge >= 0.3 is 0 Å². The molecule has 0 bridgehead atoms. The molecule has 1 aliphatic heterocycles. The smallest absolute Gasteiger partial charge is 0.131 e. The predicted octanol–water partition coefficient (Wildman–Crippen LogP) is 3.70.